The molecule has 0 aromatic carbocycles. The van der Waals surface area contributed by atoms with Gasteiger partial charge in [0.05, 0.1) is 0 Å². The van der Waals surface area contributed by atoms with E-state index in [9.17, 15) is 0 Å². The van der Waals surface area contributed by atoms with Crippen LogP contribution in [0.1, 0.15) is 26.2 Å². The Labute approximate surface area is 57.0 Å². The maximum atomic E-state index is 2.66. The van der Waals surface area contributed by atoms with Crippen molar-refractivity contribution >= 4 is 0 Å². The minimum Gasteiger partial charge on any atom is -0.300 e. The first-order valence-corrected chi connectivity index (χ1v) is 4.10. The summed E-state index contributed by atoms with van der Waals surface area (Å²) in [6.07, 6.45) is 4.40. The molecule has 2 saturated heterocycles. The second kappa shape index (κ2) is 1.98. The smallest absolute Gasteiger partial charge is 0.00988 e. The third kappa shape index (κ3) is 0.877. The first-order chi connectivity index (χ1) is 4.36. The van der Waals surface area contributed by atoms with Gasteiger partial charge in [0, 0.05) is 12.6 Å². The van der Waals surface area contributed by atoms with E-state index in [1.807, 2.05) is 0 Å². The Kier molecular flexibility index (Phi) is 1.26. The van der Waals surface area contributed by atoms with Gasteiger partial charge in [-0.15, -0.1) is 0 Å². The fourth-order valence-corrected chi connectivity index (χ4v) is 2.34. The molecule has 0 aliphatic carbocycles. The van der Waals surface area contributed by atoms with Crippen LogP contribution >= 0.6 is 0 Å². The van der Waals surface area contributed by atoms with E-state index in [0.29, 0.717) is 0 Å². The third-order valence-electron chi connectivity index (χ3n) is 2.72. The lowest BCUT2D eigenvalue weighted by molar-refractivity contribution is 0.319. The summed E-state index contributed by atoms with van der Waals surface area (Å²) >= 11 is 0. The van der Waals surface area contributed by atoms with E-state index in [4.69, 9.17) is 0 Å². The topological polar surface area (TPSA) is 3.24 Å². The molecule has 0 aromatic heterocycles. The summed E-state index contributed by atoms with van der Waals surface area (Å²) in [7, 11) is 0. The molecule has 0 spiro atoms. The van der Waals surface area contributed by atoms with Gasteiger partial charge in [-0.25, -0.2) is 0 Å². The van der Waals surface area contributed by atoms with Crippen LogP contribution in [-0.2, 0) is 0 Å². The van der Waals surface area contributed by atoms with Gasteiger partial charge >= 0.3 is 0 Å². The molecular weight excluding hydrogens is 110 g/mol. The Hall–Kier alpha value is -0.0400. The van der Waals surface area contributed by atoms with Crippen LogP contribution in [0.25, 0.3) is 0 Å². The first kappa shape index (κ1) is 5.72. The van der Waals surface area contributed by atoms with Gasteiger partial charge in [0.25, 0.3) is 0 Å². The predicted molar refractivity (Wildman–Crippen MR) is 38.4 cm³/mol. The van der Waals surface area contributed by atoms with Gasteiger partial charge < -0.3 is 4.90 Å². The standard InChI is InChI=1S/C8H15N/c1-7-5-8-3-2-4-9(8)6-7/h7-8H,2-6H2,1H3/t7-,8+/m1/s1. The van der Waals surface area contributed by atoms with Crippen LogP contribution in [0.15, 0.2) is 0 Å². The van der Waals surface area contributed by atoms with Crippen LogP contribution in [0.5, 0.6) is 0 Å². The van der Waals surface area contributed by atoms with Crippen LogP contribution in [-0.4, -0.2) is 24.0 Å². The Morgan fingerprint density at radius 2 is 2.33 bits per heavy atom. The van der Waals surface area contributed by atoms with Crippen LogP contribution < -0.4 is 0 Å². The summed E-state index contributed by atoms with van der Waals surface area (Å²) in [4.78, 5) is 2.66. The minimum atomic E-state index is 0.982. The lowest BCUT2D eigenvalue weighted by atomic mass is 10.1. The summed E-state index contributed by atoms with van der Waals surface area (Å²) in [5, 5.41) is 0. The fourth-order valence-electron chi connectivity index (χ4n) is 2.34. The van der Waals surface area contributed by atoms with Crippen molar-refractivity contribution in [3.63, 3.8) is 0 Å². The highest BCUT2D eigenvalue weighted by Crippen LogP contribution is 2.30. The van der Waals surface area contributed by atoms with Gasteiger partial charge in [0.1, 0.15) is 0 Å². The van der Waals surface area contributed by atoms with E-state index in [1.165, 1.54) is 32.4 Å². The second-order valence-corrected chi connectivity index (χ2v) is 3.63. The van der Waals surface area contributed by atoms with E-state index >= 15 is 0 Å². The van der Waals surface area contributed by atoms with Gasteiger partial charge in [0.2, 0.25) is 0 Å². The summed E-state index contributed by atoms with van der Waals surface area (Å²) in [5.41, 5.74) is 0. The molecule has 2 atom stereocenters. The molecule has 52 valence electrons. The summed E-state index contributed by atoms with van der Waals surface area (Å²) in [5.74, 6) is 0.982. The minimum absolute atomic E-state index is 0.982. The molecule has 2 aliphatic heterocycles. The second-order valence-electron chi connectivity index (χ2n) is 3.63. The number of nitrogens with zero attached hydrogens (tertiary/aromatic N) is 1. The number of hydrogen-bond acceptors (Lipinski definition) is 1. The van der Waals surface area contributed by atoms with Crippen molar-refractivity contribution in [2.24, 2.45) is 5.92 Å². The first-order valence-electron chi connectivity index (χ1n) is 4.10. The molecule has 0 aromatic rings. The quantitative estimate of drug-likeness (QED) is 0.474. The number of hydrogen-bond donors (Lipinski definition) is 0. The van der Waals surface area contributed by atoms with Crippen molar-refractivity contribution < 1.29 is 0 Å². The third-order valence-corrected chi connectivity index (χ3v) is 2.72. The highest BCUT2D eigenvalue weighted by molar-refractivity contribution is 4.87. The zero-order chi connectivity index (χ0) is 6.27. The Balaban J connectivity index is 2.02. The molecule has 9 heavy (non-hydrogen) atoms. The van der Waals surface area contributed by atoms with Gasteiger partial charge in [-0.2, -0.15) is 0 Å². The Morgan fingerprint density at radius 3 is 3.11 bits per heavy atom. The average Bonchev–Trinajstić information content (AvgIpc) is 2.22. The lowest BCUT2D eigenvalue weighted by Crippen LogP contribution is -2.22. The van der Waals surface area contributed by atoms with Crippen LogP contribution in [0.3, 0.4) is 0 Å². The van der Waals surface area contributed by atoms with Gasteiger partial charge in [-0.3, -0.25) is 0 Å². The number of fused-ring (bicyclic) bond motifs is 1. The highest BCUT2D eigenvalue weighted by Gasteiger charge is 2.32. The summed E-state index contributed by atoms with van der Waals surface area (Å²) < 4.78 is 0. The summed E-state index contributed by atoms with van der Waals surface area (Å²) in [6, 6.07) is 0.986. The van der Waals surface area contributed by atoms with Crippen molar-refractivity contribution in [3.05, 3.63) is 0 Å². The molecular formula is C8H15N. The van der Waals surface area contributed by atoms with E-state index in [2.05, 4.69) is 11.8 Å². The molecule has 2 rings (SSSR count). The van der Waals surface area contributed by atoms with Gasteiger partial charge in [-0.1, -0.05) is 6.92 Å². The zero-order valence-electron chi connectivity index (χ0n) is 6.14. The fraction of sp³-hybridized carbons (Fsp3) is 1.00. The molecule has 0 radical (unpaired) electrons. The molecule has 0 saturated carbocycles. The molecule has 2 aliphatic rings. The van der Waals surface area contributed by atoms with Crippen LogP contribution in [0.2, 0.25) is 0 Å². The summed E-state index contributed by atoms with van der Waals surface area (Å²) in [6.45, 7) is 5.14. The Bertz CT molecular complexity index is 99.1. The normalized spacial score (nSPS) is 43.7. The molecule has 0 N–H and O–H groups in total. The number of rotatable bonds is 0. The monoisotopic (exact) mass is 125 g/mol. The largest absolute Gasteiger partial charge is 0.300 e. The Morgan fingerprint density at radius 1 is 1.44 bits per heavy atom. The lowest BCUT2D eigenvalue weighted by Gasteiger charge is -2.12. The van der Waals surface area contributed by atoms with Crippen molar-refractivity contribution in [1.82, 2.24) is 4.90 Å². The molecule has 2 heterocycles. The molecule has 2 fully saturated rings. The maximum Gasteiger partial charge on any atom is 0.00988 e. The van der Waals surface area contributed by atoms with Crippen molar-refractivity contribution in [1.29, 1.82) is 0 Å². The molecule has 1 heteroatoms. The average molecular weight is 125 g/mol. The van der Waals surface area contributed by atoms with Crippen LogP contribution in [0.4, 0.5) is 0 Å². The zero-order valence-corrected chi connectivity index (χ0v) is 6.14. The van der Waals surface area contributed by atoms with E-state index in [0.717, 1.165) is 12.0 Å². The van der Waals surface area contributed by atoms with E-state index in [-0.39, 0.29) is 0 Å². The SMILES string of the molecule is C[C@@H]1C[C@@H]2CCCN2C1. The van der Waals surface area contributed by atoms with E-state index < -0.39 is 0 Å². The molecule has 0 unspecified atom stereocenters. The highest BCUT2D eigenvalue weighted by atomic mass is 15.2. The maximum absolute atomic E-state index is 2.66. The van der Waals surface area contributed by atoms with Gasteiger partial charge in [-0.05, 0) is 31.7 Å². The van der Waals surface area contributed by atoms with Crippen LogP contribution in [0, 0.1) is 5.92 Å². The van der Waals surface area contributed by atoms with E-state index in [1.54, 1.807) is 0 Å². The van der Waals surface area contributed by atoms with Crippen molar-refractivity contribution in [2.45, 2.75) is 32.2 Å². The molecule has 0 bridgehead atoms. The van der Waals surface area contributed by atoms with Crippen molar-refractivity contribution in [3.8, 4) is 0 Å². The molecule has 0 amide bonds. The van der Waals surface area contributed by atoms with Crippen molar-refractivity contribution in [2.75, 3.05) is 13.1 Å². The predicted octanol–water partition coefficient (Wildman–Crippen LogP) is 1.49. The molecule has 1 nitrogen and oxygen atoms in total. The van der Waals surface area contributed by atoms with Gasteiger partial charge in [0.15, 0.2) is 0 Å².